The van der Waals surface area contributed by atoms with Gasteiger partial charge in [0.15, 0.2) is 0 Å². The number of anilines is 1. The van der Waals surface area contributed by atoms with Gasteiger partial charge in [-0.25, -0.2) is 15.0 Å². The van der Waals surface area contributed by atoms with Crippen LogP contribution in [0.15, 0.2) is 17.5 Å². The topological polar surface area (TPSA) is 68.0 Å². The highest BCUT2D eigenvalue weighted by Crippen LogP contribution is 2.35. The van der Waals surface area contributed by atoms with Crippen molar-refractivity contribution in [1.29, 1.82) is 0 Å². The van der Waals surface area contributed by atoms with E-state index in [9.17, 15) is 0 Å². The molecule has 0 amide bonds. The predicted molar refractivity (Wildman–Crippen MR) is 106 cm³/mol. The fourth-order valence-electron chi connectivity index (χ4n) is 3.83. The van der Waals surface area contributed by atoms with Crippen molar-refractivity contribution in [2.24, 2.45) is 23.9 Å². The number of imidazole rings is 1. The van der Waals surface area contributed by atoms with E-state index in [4.69, 9.17) is 4.98 Å². The molecule has 0 bridgehead atoms. The number of hydrogen-bond donors (Lipinski definition) is 1. The van der Waals surface area contributed by atoms with Crippen molar-refractivity contribution in [2.75, 3.05) is 11.9 Å². The molecule has 0 aliphatic heterocycles. The lowest BCUT2D eigenvalue weighted by Crippen LogP contribution is -2.12. The Hall–Kier alpha value is -2.24. The number of aliphatic imine (C=N–C) groups is 1. The summed E-state index contributed by atoms with van der Waals surface area (Å²) in [4.78, 5) is 18.3. The lowest BCUT2D eigenvalue weighted by atomic mass is 9.99. The fourth-order valence-corrected chi connectivity index (χ4v) is 3.83. The Labute approximate surface area is 156 Å². The van der Waals surface area contributed by atoms with Gasteiger partial charge in [-0.1, -0.05) is 13.3 Å². The molecule has 2 heterocycles. The molecular weight excluding hydrogens is 324 g/mol. The van der Waals surface area contributed by atoms with Gasteiger partial charge < -0.3 is 9.88 Å². The number of aryl methyl sites for hydroxylation is 2. The van der Waals surface area contributed by atoms with Gasteiger partial charge in [0.05, 0.1) is 23.4 Å². The van der Waals surface area contributed by atoms with Gasteiger partial charge in [-0.3, -0.25) is 4.99 Å². The van der Waals surface area contributed by atoms with Crippen molar-refractivity contribution in [2.45, 2.75) is 52.9 Å². The van der Waals surface area contributed by atoms with Crippen LogP contribution in [0.3, 0.4) is 0 Å². The zero-order chi connectivity index (χ0) is 18.5. The minimum atomic E-state index is 0.703. The Morgan fingerprint density at radius 2 is 2.19 bits per heavy atom. The Morgan fingerprint density at radius 1 is 1.35 bits per heavy atom. The summed E-state index contributed by atoms with van der Waals surface area (Å²) in [7, 11) is 1.99. The summed E-state index contributed by atoms with van der Waals surface area (Å²) in [5.41, 5.74) is 4.04. The van der Waals surface area contributed by atoms with Crippen molar-refractivity contribution < 1.29 is 0 Å². The van der Waals surface area contributed by atoms with Crippen LogP contribution in [0.2, 0.25) is 0 Å². The molecule has 0 spiro atoms. The second-order valence-electron chi connectivity index (χ2n) is 7.51. The maximum Gasteiger partial charge on any atom is 0.223 e. The molecule has 6 nitrogen and oxygen atoms in total. The zero-order valence-electron chi connectivity index (χ0n) is 16.4. The van der Waals surface area contributed by atoms with Gasteiger partial charge in [-0.05, 0) is 44.9 Å². The van der Waals surface area contributed by atoms with Crippen LogP contribution in [0.5, 0.6) is 0 Å². The van der Waals surface area contributed by atoms with Crippen LogP contribution >= 0.6 is 0 Å². The van der Waals surface area contributed by atoms with Crippen LogP contribution in [0.1, 0.15) is 50.2 Å². The molecule has 2 aromatic heterocycles. The van der Waals surface area contributed by atoms with E-state index in [-0.39, 0.29) is 0 Å². The van der Waals surface area contributed by atoms with Gasteiger partial charge in [0.1, 0.15) is 5.69 Å². The van der Waals surface area contributed by atoms with E-state index in [1.54, 1.807) is 0 Å². The van der Waals surface area contributed by atoms with Gasteiger partial charge in [0.2, 0.25) is 5.95 Å². The van der Waals surface area contributed by atoms with Gasteiger partial charge in [0.25, 0.3) is 0 Å². The summed E-state index contributed by atoms with van der Waals surface area (Å²) >= 11 is 0. The van der Waals surface area contributed by atoms with Crippen molar-refractivity contribution in [3.63, 3.8) is 0 Å². The van der Waals surface area contributed by atoms with Gasteiger partial charge in [0, 0.05) is 32.4 Å². The third kappa shape index (κ3) is 4.68. The summed E-state index contributed by atoms with van der Waals surface area (Å²) in [5.74, 6) is 2.25. The van der Waals surface area contributed by atoms with Gasteiger partial charge in [-0.2, -0.15) is 0 Å². The largest absolute Gasteiger partial charge is 0.354 e. The number of aromatic nitrogens is 4. The van der Waals surface area contributed by atoms with E-state index in [2.05, 4.69) is 27.2 Å². The van der Waals surface area contributed by atoms with Crippen LogP contribution in [0.4, 0.5) is 11.6 Å². The van der Waals surface area contributed by atoms with Gasteiger partial charge in [-0.15, -0.1) is 0 Å². The van der Waals surface area contributed by atoms with Crippen molar-refractivity contribution in [3.05, 3.63) is 29.6 Å². The highest BCUT2D eigenvalue weighted by molar-refractivity contribution is 5.63. The summed E-state index contributed by atoms with van der Waals surface area (Å²) < 4.78 is 1.97. The van der Waals surface area contributed by atoms with E-state index >= 15 is 0 Å². The standard InChI is InChI=1S/C20H30N6/c1-5-21-19-15(3)24-20(22-9-8-17-12-26(4)13-23-17)25-18(19)11-16-7-6-14(2)10-16/h5,12-14,16H,6-11H2,1-4H3,(H,22,24,25)/t14?,16-/m0/s1. The van der Waals surface area contributed by atoms with E-state index in [0.717, 1.165) is 48.1 Å². The smallest absolute Gasteiger partial charge is 0.223 e. The van der Waals surface area contributed by atoms with Crippen LogP contribution in [0, 0.1) is 18.8 Å². The molecule has 1 aliphatic carbocycles. The van der Waals surface area contributed by atoms with Crippen LogP contribution < -0.4 is 5.32 Å². The monoisotopic (exact) mass is 354 g/mol. The van der Waals surface area contributed by atoms with E-state index in [1.165, 1.54) is 19.3 Å². The van der Waals surface area contributed by atoms with E-state index in [0.29, 0.717) is 11.9 Å². The van der Waals surface area contributed by atoms with Crippen LogP contribution in [-0.4, -0.2) is 32.3 Å². The molecule has 0 aromatic carbocycles. The fraction of sp³-hybridized carbons (Fsp3) is 0.600. The molecule has 0 radical (unpaired) electrons. The first kappa shape index (κ1) is 18.5. The third-order valence-corrected chi connectivity index (χ3v) is 5.10. The molecule has 3 rings (SSSR count). The first-order valence-corrected chi connectivity index (χ1v) is 9.62. The molecular formula is C20H30N6. The normalized spacial score (nSPS) is 20.2. The second kappa shape index (κ2) is 8.43. The molecule has 1 aliphatic rings. The summed E-state index contributed by atoms with van der Waals surface area (Å²) in [6.07, 6.45) is 11.5. The van der Waals surface area contributed by atoms with Gasteiger partial charge >= 0.3 is 0 Å². The van der Waals surface area contributed by atoms with E-state index < -0.39 is 0 Å². The quantitative estimate of drug-likeness (QED) is 0.766. The van der Waals surface area contributed by atoms with Crippen molar-refractivity contribution >= 4 is 17.9 Å². The average molecular weight is 355 g/mol. The molecule has 6 heteroatoms. The van der Waals surface area contributed by atoms with Crippen LogP contribution in [0.25, 0.3) is 0 Å². The lowest BCUT2D eigenvalue weighted by molar-refractivity contribution is 0.508. The predicted octanol–water partition coefficient (Wildman–Crippen LogP) is 3.87. The molecule has 2 aromatic rings. The number of nitrogens with zero attached hydrogens (tertiary/aromatic N) is 5. The minimum Gasteiger partial charge on any atom is -0.354 e. The molecule has 26 heavy (non-hydrogen) atoms. The molecule has 1 unspecified atom stereocenters. The maximum absolute atomic E-state index is 4.82. The third-order valence-electron chi connectivity index (χ3n) is 5.10. The summed E-state index contributed by atoms with van der Waals surface area (Å²) in [6, 6.07) is 0. The molecule has 1 saturated carbocycles. The molecule has 1 fully saturated rings. The Balaban J connectivity index is 1.71. The molecule has 2 atom stereocenters. The maximum atomic E-state index is 4.82. The van der Waals surface area contributed by atoms with Crippen molar-refractivity contribution in [3.8, 4) is 0 Å². The SMILES string of the molecule is CC=Nc1c(C)nc(NCCc2cn(C)cn2)nc1C[C@H]1CCC(C)C1. The Bertz CT molecular complexity index is 764. The number of nitrogens with one attached hydrogen (secondary N) is 1. The highest BCUT2D eigenvalue weighted by Gasteiger charge is 2.24. The first-order valence-electron chi connectivity index (χ1n) is 9.62. The molecule has 0 saturated heterocycles. The highest BCUT2D eigenvalue weighted by atomic mass is 15.1. The zero-order valence-corrected chi connectivity index (χ0v) is 16.4. The summed E-state index contributed by atoms with van der Waals surface area (Å²) in [5, 5.41) is 3.36. The van der Waals surface area contributed by atoms with Crippen LogP contribution in [-0.2, 0) is 19.9 Å². The van der Waals surface area contributed by atoms with Crippen molar-refractivity contribution in [1.82, 2.24) is 19.5 Å². The first-order chi connectivity index (χ1) is 12.5. The average Bonchev–Trinajstić information content (AvgIpc) is 3.19. The lowest BCUT2D eigenvalue weighted by Gasteiger charge is -2.14. The second-order valence-corrected chi connectivity index (χ2v) is 7.51. The minimum absolute atomic E-state index is 0.703. The Morgan fingerprint density at radius 3 is 2.85 bits per heavy atom. The Kier molecular flexibility index (Phi) is 6.01. The summed E-state index contributed by atoms with van der Waals surface area (Å²) in [6.45, 7) is 7.09. The molecule has 140 valence electrons. The molecule has 1 N–H and O–H groups in total. The number of hydrogen-bond acceptors (Lipinski definition) is 5. The van der Waals surface area contributed by atoms with E-state index in [1.807, 2.05) is 44.2 Å². The number of rotatable bonds is 7.